The molecule has 1 unspecified atom stereocenters. The molecule has 2 aromatic rings. The molecule has 0 bridgehead atoms. The number of hydrogen-bond acceptors (Lipinski definition) is 3. The van der Waals surface area contributed by atoms with Gasteiger partial charge in [0.1, 0.15) is 18.5 Å². The molecule has 96 valence electrons. The van der Waals surface area contributed by atoms with Crippen LogP contribution in [0.1, 0.15) is 31.9 Å². The first-order chi connectivity index (χ1) is 8.74. The van der Waals surface area contributed by atoms with Crippen LogP contribution in [-0.2, 0) is 0 Å². The average Bonchev–Trinajstić information content (AvgIpc) is 2.89. The summed E-state index contributed by atoms with van der Waals surface area (Å²) in [5, 5.41) is 7.35. The van der Waals surface area contributed by atoms with E-state index >= 15 is 0 Å². The van der Waals surface area contributed by atoms with Crippen molar-refractivity contribution < 1.29 is 4.39 Å². The normalized spacial score (nSPS) is 12.6. The van der Waals surface area contributed by atoms with Gasteiger partial charge in [0.15, 0.2) is 0 Å². The molecule has 0 aliphatic rings. The van der Waals surface area contributed by atoms with Crippen LogP contribution in [0.3, 0.4) is 0 Å². The Kier molecular flexibility index (Phi) is 4.04. The molecule has 1 aromatic carbocycles. The van der Waals surface area contributed by atoms with Crippen molar-refractivity contribution in [2.75, 3.05) is 6.54 Å². The highest BCUT2D eigenvalue weighted by Crippen LogP contribution is 2.24. The Morgan fingerprint density at radius 3 is 2.94 bits per heavy atom. The molecule has 1 atom stereocenters. The fourth-order valence-corrected chi connectivity index (χ4v) is 1.95. The van der Waals surface area contributed by atoms with Crippen LogP contribution in [0.5, 0.6) is 0 Å². The standard InChI is InChI=1S/C13H17FN4/c1-3-7-16-10(2)13-11(14)5-4-6-12(13)18-9-15-8-17-18/h4-6,8-10,16H,3,7H2,1-2H3. The summed E-state index contributed by atoms with van der Waals surface area (Å²) >= 11 is 0. The van der Waals surface area contributed by atoms with E-state index in [-0.39, 0.29) is 11.9 Å². The molecule has 0 aliphatic heterocycles. The van der Waals surface area contributed by atoms with Crippen LogP contribution >= 0.6 is 0 Å². The molecule has 0 aliphatic carbocycles. The lowest BCUT2D eigenvalue weighted by Gasteiger charge is -2.18. The van der Waals surface area contributed by atoms with Gasteiger partial charge in [-0.2, -0.15) is 5.10 Å². The van der Waals surface area contributed by atoms with Gasteiger partial charge in [-0.1, -0.05) is 13.0 Å². The fourth-order valence-electron chi connectivity index (χ4n) is 1.95. The summed E-state index contributed by atoms with van der Waals surface area (Å²) in [6.07, 6.45) is 4.03. The molecule has 0 spiro atoms. The van der Waals surface area contributed by atoms with Gasteiger partial charge in [0.05, 0.1) is 5.69 Å². The smallest absolute Gasteiger partial charge is 0.138 e. The summed E-state index contributed by atoms with van der Waals surface area (Å²) in [5.74, 6) is -0.223. The van der Waals surface area contributed by atoms with Crippen LogP contribution in [0.15, 0.2) is 30.9 Å². The molecule has 0 saturated heterocycles. The number of rotatable bonds is 5. The number of nitrogens with zero attached hydrogens (tertiary/aromatic N) is 3. The van der Waals surface area contributed by atoms with Crippen molar-refractivity contribution in [3.63, 3.8) is 0 Å². The van der Waals surface area contributed by atoms with Crippen LogP contribution in [0.25, 0.3) is 5.69 Å². The maximum Gasteiger partial charge on any atom is 0.138 e. The van der Waals surface area contributed by atoms with E-state index < -0.39 is 0 Å². The SMILES string of the molecule is CCCNC(C)c1c(F)cccc1-n1cncn1. The van der Waals surface area contributed by atoms with Crippen molar-refractivity contribution in [3.8, 4) is 5.69 Å². The third kappa shape index (κ3) is 2.56. The van der Waals surface area contributed by atoms with Gasteiger partial charge in [0.25, 0.3) is 0 Å². The largest absolute Gasteiger partial charge is 0.310 e. The zero-order valence-electron chi connectivity index (χ0n) is 10.6. The van der Waals surface area contributed by atoms with Crippen molar-refractivity contribution in [2.24, 2.45) is 0 Å². The lowest BCUT2D eigenvalue weighted by Crippen LogP contribution is -2.22. The van der Waals surface area contributed by atoms with Crippen molar-refractivity contribution in [1.82, 2.24) is 20.1 Å². The molecule has 0 saturated carbocycles. The fraction of sp³-hybridized carbons (Fsp3) is 0.385. The molecular weight excluding hydrogens is 231 g/mol. The van der Waals surface area contributed by atoms with Gasteiger partial charge in [-0.05, 0) is 32.0 Å². The zero-order chi connectivity index (χ0) is 13.0. The van der Waals surface area contributed by atoms with Gasteiger partial charge in [0, 0.05) is 11.6 Å². The number of benzene rings is 1. The lowest BCUT2D eigenvalue weighted by atomic mass is 10.1. The summed E-state index contributed by atoms with van der Waals surface area (Å²) < 4.78 is 15.6. The first-order valence-corrected chi connectivity index (χ1v) is 6.10. The average molecular weight is 248 g/mol. The molecule has 4 nitrogen and oxygen atoms in total. The maximum absolute atomic E-state index is 14.0. The summed E-state index contributed by atoms with van der Waals surface area (Å²) in [7, 11) is 0. The van der Waals surface area contributed by atoms with Gasteiger partial charge in [0.2, 0.25) is 0 Å². The number of hydrogen-bond donors (Lipinski definition) is 1. The zero-order valence-corrected chi connectivity index (χ0v) is 10.6. The molecule has 1 heterocycles. The second-order valence-electron chi connectivity index (χ2n) is 4.19. The van der Waals surface area contributed by atoms with Crippen molar-refractivity contribution in [2.45, 2.75) is 26.3 Å². The Labute approximate surface area is 106 Å². The molecule has 2 rings (SSSR count). The van der Waals surface area contributed by atoms with E-state index in [1.165, 1.54) is 12.4 Å². The van der Waals surface area contributed by atoms with Crippen molar-refractivity contribution >= 4 is 0 Å². The Balaban J connectivity index is 2.38. The minimum absolute atomic E-state index is 0.0645. The minimum Gasteiger partial charge on any atom is -0.310 e. The highest BCUT2D eigenvalue weighted by atomic mass is 19.1. The van der Waals surface area contributed by atoms with Crippen molar-refractivity contribution in [3.05, 3.63) is 42.2 Å². The van der Waals surface area contributed by atoms with Crippen LogP contribution in [-0.4, -0.2) is 21.3 Å². The van der Waals surface area contributed by atoms with E-state index in [1.54, 1.807) is 17.1 Å². The summed E-state index contributed by atoms with van der Waals surface area (Å²) in [5.41, 5.74) is 1.35. The highest BCUT2D eigenvalue weighted by Gasteiger charge is 2.16. The summed E-state index contributed by atoms with van der Waals surface area (Å²) in [4.78, 5) is 3.90. The van der Waals surface area contributed by atoms with Gasteiger partial charge in [-0.15, -0.1) is 0 Å². The summed E-state index contributed by atoms with van der Waals surface area (Å²) in [6.45, 7) is 4.89. The summed E-state index contributed by atoms with van der Waals surface area (Å²) in [6, 6.07) is 4.94. The maximum atomic E-state index is 14.0. The molecular formula is C13H17FN4. The van der Waals surface area contributed by atoms with Crippen LogP contribution in [0, 0.1) is 5.82 Å². The molecule has 5 heteroatoms. The quantitative estimate of drug-likeness (QED) is 0.884. The number of aromatic nitrogens is 3. The Hall–Kier alpha value is -1.75. The third-order valence-electron chi connectivity index (χ3n) is 2.83. The van der Waals surface area contributed by atoms with E-state index in [0.29, 0.717) is 5.56 Å². The van der Waals surface area contributed by atoms with E-state index in [0.717, 1.165) is 18.7 Å². The lowest BCUT2D eigenvalue weighted by molar-refractivity contribution is 0.523. The van der Waals surface area contributed by atoms with Gasteiger partial charge in [-0.25, -0.2) is 14.1 Å². The van der Waals surface area contributed by atoms with E-state index in [2.05, 4.69) is 22.3 Å². The Morgan fingerprint density at radius 2 is 2.28 bits per heavy atom. The monoisotopic (exact) mass is 248 g/mol. The minimum atomic E-state index is -0.223. The molecule has 0 fully saturated rings. The molecule has 1 N–H and O–H groups in total. The molecule has 18 heavy (non-hydrogen) atoms. The Bertz CT molecular complexity index is 496. The predicted molar refractivity (Wildman–Crippen MR) is 68.0 cm³/mol. The second kappa shape index (κ2) is 5.73. The number of halogens is 1. The van der Waals surface area contributed by atoms with E-state index in [4.69, 9.17) is 0 Å². The highest BCUT2D eigenvalue weighted by molar-refractivity contribution is 5.42. The van der Waals surface area contributed by atoms with Gasteiger partial charge in [-0.3, -0.25) is 0 Å². The number of nitrogens with one attached hydrogen (secondary N) is 1. The van der Waals surface area contributed by atoms with Gasteiger partial charge >= 0.3 is 0 Å². The van der Waals surface area contributed by atoms with E-state index in [9.17, 15) is 4.39 Å². The van der Waals surface area contributed by atoms with Crippen LogP contribution < -0.4 is 5.32 Å². The van der Waals surface area contributed by atoms with Crippen LogP contribution in [0.2, 0.25) is 0 Å². The Morgan fingerprint density at radius 1 is 1.44 bits per heavy atom. The first-order valence-electron chi connectivity index (χ1n) is 6.10. The first kappa shape index (κ1) is 12.7. The van der Waals surface area contributed by atoms with Crippen LogP contribution in [0.4, 0.5) is 4.39 Å². The van der Waals surface area contributed by atoms with Crippen molar-refractivity contribution in [1.29, 1.82) is 0 Å². The molecule has 0 amide bonds. The third-order valence-corrected chi connectivity index (χ3v) is 2.83. The topological polar surface area (TPSA) is 42.7 Å². The van der Waals surface area contributed by atoms with E-state index in [1.807, 2.05) is 13.0 Å². The predicted octanol–water partition coefficient (Wildman–Crippen LogP) is 2.47. The molecule has 0 radical (unpaired) electrons. The van der Waals surface area contributed by atoms with Gasteiger partial charge < -0.3 is 5.32 Å². The second-order valence-corrected chi connectivity index (χ2v) is 4.19. The molecule has 1 aromatic heterocycles.